The summed E-state index contributed by atoms with van der Waals surface area (Å²) >= 11 is 0. The first-order chi connectivity index (χ1) is 14.2. The van der Waals surface area contributed by atoms with Gasteiger partial charge in [-0.05, 0) is 12.1 Å². The van der Waals surface area contributed by atoms with Gasteiger partial charge in [0.2, 0.25) is 11.8 Å². The lowest BCUT2D eigenvalue weighted by molar-refractivity contribution is 0.0383. The fourth-order valence-electron chi connectivity index (χ4n) is 2.89. The van der Waals surface area contributed by atoms with Crippen LogP contribution in [0.25, 0.3) is 0 Å². The molecule has 1 amide bonds. The molecule has 1 aromatic heterocycles. The van der Waals surface area contributed by atoms with Crippen LogP contribution >= 0.6 is 0 Å². The number of methoxy groups -OCH3 is 2. The lowest BCUT2D eigenvalue weighted by Crippen LogP contribution is -2.41. The molecule has 0 saturated carbocycles. The smallest absolute Gasteiger partial charge is 0.255 e. The van der Waals surface area contributed by atoms with Crippen molar-refractivity contribution in [2.75, 3.05) is 53.6 Å². The maximum absolute atomic E-state index is 12.6. The topological polar surface area (TPSA) is 95.0 Å². The van der Waals surface area contributed by atoms with Crippen molar-refractivity contribution in [1.29, 1.82) is 0 Å². The molecular formula is C20H26N4O5. The maximum Gasteiger partial charge on any atom is 0.255 e. The van der Waals surface area contributed by atoms with Gasteiger partial charge < -0.3 is 24.3 Å². The quantitative estimate of drug-likeness (QED) is 0.667. The van der Waals surface area contributed by atoms with Crippen LogP contribution in [-0.4, -0.2) is 74.4 Å². The number of rotatable bonds is 9. The highest BCUT2D eigenvalue weighted by Gasteiger charge is 2.15. The van der Waals surface area contributed by atoms with Crippen LogP contribution < -0.4 is 19.5 Å². The summed E-state index contributed by atoms with van der Waals surface area (Å²) < 4.78 is 21.4. The van der Waals surface area contributed by atoms with Crippen molar-refractivity contribution < 1.29 is 23.7 Å². The second-order valence-corrected chi connectivity index (χ2v) is 6.36. The molecule has 1 N–H and O–H groups in total. The molecule has 2 heterocycles. The number of hydrogen-bond donors (Lipinski definition) is 1. The first-order valence-corrected chi connectivity index (χ1v) is 9.45. The molecule has 1 fully saturated rings. The second kappa shape index (κ2) is 10.6. The molecular weight excluding hydrogens is 376 g/mol. The van der Waals surface area contributed by atoms with Crippen molar-refractivity contribution in [2.45, 2.75) is 6.61 Å². The Balaban J connectivity index is 1.59. The van der Waals surface area contributed by atoms with E-state index in [9.17, 15) is 4.79 Å². The first-order valence-electron chi connectivity index (χ1n) is 9.45. The fourth-order valence-corrected chi connectivity index (χ4v) is 2.89. The van der Waals surface area contributed by atoms with Crippen molar-refractivity contribution in [2.24, 2.45) is 0 Å². The number of nitrogens with one attached hydrogen (secondary N) is 1. The van der Waals surface area contributed by atoms with Gasteiger partial charge in [-0.15, -0.1) is 0 Å². The molecule has 9 heteroatoms. The number of carbonyl (C=O) groups is 1. The molecule has 0 atom stereocenters. The van der Waals surface area contributed by atoms with E-state index in [1.165, 1.54) is 14.2 Å². The van der Waals surface area contributed by atoms with E-state index < -0.39 is 0 Å². The summed E-state index contributed by atoms with van der Waals surface area (Å²) in [4.78, 5) is 23.3. The number of carbonyl (C=O) groups excluding carboxylic acids is 1. The summed E-state index contributed by atoms with van der Waals surface area (Å²) in [6.45, 7) is 4.67. The van der Waals surface area contributed by atoms with E-state index in [2.05, 4.69) is 20.2 Å². The molecule has 0 radical (unpaired) electrons. The minimum absolute atomic E-state index is 0.0750. The van der Waals surface area contributed by atoms with Gasteiger partial charge in [0.1, 0.15) is 12.4 Å². The zero-order valence-electron chi connectivity index (χ0n) is 16.7. The number of amides is 1. The van der Waals surface area contributed by atoms with Gasteiger partial charge in [-0.1, -0.05) is 12.1 Å². The minimum Gasteiger partial charge on any atom is -0.485 e. The number of para-hydroxylation sites is 1. The van der Waals surface area contributed by atoms with Crippen molar-refractivity contribution in [3.63, 3.8) is 0 Å². The molecule has 3 rings (SSSR count). The number of ether oxygens (including phenoxy) is 4. The van der Waals surface area contributed by atoms with E-state index in [0.717, 1.165) is 32.8 Å². The number of morpholine rings is 1. The van der Waals surface area contributed by atoms with Crippen molar-refractivity contribution in [3.8, 4) is 17.5 Å². The first kappa shape index (κ1) is 20.8. The Labute approximate surface area is 169 Å². The summed E-state index contributed by atoms with van der Waals surface area (Å²) in [7, 11) is 3.03. The molecule has 0 aliphatic carbocycles. The third kappa shape index (κ3) is 6.03. The number of benzene rings is 1. The molecule has 0 bridgehead atoms. The summed E-state index contributed by atoms with van der Waals surface area (Å²) in [6.07, 6.45) is 0. The number of hydrogen-bond acceptors (Lipinski definition) is 8. The van der Waals surface area contributed by atoms with E-state index in [1.54, 1.807) is 24.3 Å². The number of aromatic nitrogens is 2. The van der Waals surface area contributed by atoms with E-state index in [4.69, 9.17) is 18.9 Å². The van der Waals surface area contributed by atoms with Crippen LogP contribution in [0.15, 0.2) is 30.3 Å². The Morgan fingerprint density at radius 3 is 2.52 bits per heavy atom. The normalized spacial score (nSPS) is 14.3. The van der Waals surface area contributed by atoms with Crippen LogP contribution in [0.1, 0.15) is 16.2 Å². The van der Waals surface area contributed by atoms with Gasteiger partial charge in [-0.25, -0.2) is 0 Å². The monoisotopic (exact) mass is 402 g/mol. The maximum atomic E-state index is 12.6. The third-order valence-corrected chi connectivity index (χ3v) is 4.45. The molecule has 29 heavy (non-hydrogen) atoms. The largest absolute Gasteiger partial charge is 0.485 e. The highest BCUT2D eigenvalue weighted by Crippen LogP contribution is 2.20. The van der Waals surface area contributed by atoms with Gasteiger partial charge in [0.05, 0.1) is 39.1 Å². The van der Waals surface area contributed by atoms with E-state index in [1.807, 2.05) is 6.07 Å². The van der Waals surface area contributed by atoms with Crippen LogP contribution in [0.4, 0.5) is 0 Å². The van der Waals surface area contributed by atoms with E-state index in [-0.39, 0.29) is 12.5 Å². The second-order valence-electron chi connectivity index (χ2n) is 6.36. The van der Waals surface area contributed by atoms with Crippen LogP contribution in [0.3, 0.4) is 0 Å². The van der Waals surface area contributed by atoms with Crippen molar-refractivity contribution in [3.05, 3.63) is 41.7 Å². The van der Waals surface area contributed by atoms with Crippen LogP contribution in [0.5, 0.6) is 17.5 Å². The summed E-state index contributed by atoms with van der Waals surface area (Å²) in [6, 6.07) is 8.67. The zero-order chi connectivity index (χ0) is 20.5. The Kier molecular flexibility index (Phi) is 7.60. The Morgan fingerprint density at radius 1 is 1.14 bits per heavy atom. The van der Waals surface area contributed by atoms with Crippen molar-refractivity contribution in [1.82, 2.24) is 20.2 Å². The van der Waals surface area contributed by atoms with Crippen LogP contribution in [0.2, 0.25) is 0 Å². The highest BCUT2D eigenvalue weighted by molar-refractivity contribution is 5.96. The van der Waals surface area contributed by atoms with Gasteiger partial charge in [-0.3, -0.25) is 9.69 Å². The average molecular weight is 402 g/mol. The fraction of sp³-hybridized carbons (Fsp3) is 0.450. The summed E-state index contributed by atoms with van der Waals surface area (Å²) in [5.41, 5.74) is 0.462. The van der Waals surface area contributed by atoms with Crippen LogP contribution in [-0.2, 0) is 11.3 Å². The molecule has 0 spiro atoms. The standard InChI is InChI=1S/C20H26N4O5/c1-26-18-13-19(27-2)23-17(22-18)14-29-16-6-4-3-5-15(16)20(25)21-7-8-24-9-11-28-12-10-24/h3-6,13H,7-12,14H2,1-2H3,(H,21,25). The Bertz CT molecular complexity index is 789. The third-order valence-electron chi connectivity index (χ3n) is 4.45. The summed E-state index contributed by atoms with van der Waals surface area (Å²) in [5, 5.41) is 2.95. The highest BCUT2D eigenvalue weighted by atomic mass is 16.5. The van der Waals surface area contributed by atoms with Crippen molar-refractivity contribution >= 4 is 5.91 Å². The van der Waals surface area contributed by atoms with Gasteiger partial charge >= 0.3 is 0 Å². The molecule has 9 nitrogen and oxygen atoms in total. The predicted octanol–water partition coefficient (Wildman–Crippen LogP) is 1.13. The lowest BCUT2D eigenvalue weighted by Gasteiger charge is -2.26. The van der Waals surface area contributed by atoms with E-state index >= 15 is 0 Å². The summed E-state index contributed by atoms with van der Waals surface area (Å²) in [5.74, 6) is 1.43. The zero-order valence-corrected chi connectivity index (χ0v) is 16.7. The Morgan fingerprint density at radius 2 is 1.83 bits per heavy atom. The SMILES string of the molecule is COc1cc(OC)nc(COc2ccccc2C(=O)NCCN2CCOCC2)n1. The van der Waals surface area contributed by atoms with Gasteiger partial charge in [0.25, 0.3) is 5.91 Å². The van der Waals surface area contributed by atoms with E-state index in [0.29, 0.717) is 35.4 Å². The lowest BCUT2D eigenvalue weighted by atomic mass is 10.2. The minimum atomic E-state index is -0.182. The molecule has 2 aromatic rings. The van der Waals surface area contributed by atoms with Gasteiger partial charge in [0, 0.05) is 26.2 Å². The Hall–Kier alpha value is -2.91. The molecule has 1 aromatic carbocycles. The number of nitrogens with zero attached hydrogens (tertiary/aromatic N) is 3. The predicted molar refractivity (Wildman–Crippen MR) is 106 cm³/mol. The molecule has 1 saturated heterocycles. The van der Waals surface area contributed by atoms with Gasteiger partial charge in [0.15, 0.2) is 5.82 Å². The molecule has 0 unspecified atom stereocenters. The molecule has 1 aliphatic heterocycles. The van der Waals surface area contributed by atoms with Gasteiger partial charge in [-0.2, -0.15) is 9.97 Å². The average Bonchev–Trinajstić information content (AvgIpc) is 2.78. The van der Waals surface area contributed by atoms with Crippen LogP contribution in [0, 0.1) is 0 Å². The molecule has 156 valence electrons. The molecule has 1 aliphatic rings.